The van der Waals surface area contributed by atoms with Gasteiger partial charge in [-0.05, 0) is 31.8 Å². The Morgan fingerprint density at radius 2 is 2.08 bits per heavy atom. The molecule has 3 heteroatoms. The molecule has 1 rings (SSSR count). The Labute approximate surface area is 83.1 Å². The summed E-state index contributed by atoms with van der Waals surface area (Å²) in [7, 11) is 0. The first kappa shape index (κ1) is 10.5. The molecule has 1 saturated heterocycles. The molecule has 0 aromatic heterocycles. The van der Waals surface area contributed by atoms with Crippen molar-refractivity contribution in [1.82, 2.24) is 4.90 Å². The molecule has 0 aliphatic carbocycles. The Bertz CT molecular complexity index is 124. The molecule has 0 aromatic carbocycles. The third kappa shape index (κ3) is 3.42. The Balaban J connectivity index is 2.17. The minimum atomic E-state index is -0.196. The van der Waals surface area contributed by atoms with Crippen molar-refractivity contribution in [3.05, 3.63) is 0 Å². The summed E-state index contributed by atoms with van der Waals surface area (Å²) in [5, 5.41) is 10.1. The van der Waals surface area contributed by atoms with E-state index < -0.39 is 0 Å². The highest BCUT2D eigenvalue weighted by Gasteiger charge is 2.17. The lowest BCUT2D eigenvalue weighted by molar-refractivity contribution is 0.106. The molecule has 1 aliphatic heterocycles. The summed E-state index contributed by atoms with van der Waals surface area (Å²) in [6.45, 7) is 5.45. The predicted molar refractivity (Wildman–Crippen MR) is 54.6 cm³/mol. The maximum absolute atomic E-state index is 9.39. The first-order valence-electron chi connectivity index (χ1n) is 4.68. The molecule has 1 unspecified atom stereocenters. The lowest BCUT2D eigenvalue weighted by Crippen LogP contribution is -2.38. The van der Waals surface area contributed by atoms with Gasteiger partial charge in [0.2, 0.25) is 0 Å². The van der Waals surface area contributed by atoms with Crippen LogP contribution in [0, 0.1) is 5.92 Å². The molecule has 72 valence electrons. The molecule has 12 heavy (non-hydrogen) atoms. The molecular weight excluding hydrogens is 218 g/mol. The summed E-state index contributed by atoms with van der Waals surface area (Å²) in [5.41, 5.74) is 0. The van der Waals surface area contributed by atoms with Gasteiger partial charge in [0.05, 0.1) is 6.10 Å². The zero-order valence-corrected chi connectivity index (χ0v) is 9.26. The van der Waals surface area contributed by atoms with E-state index in [0.29, 0.717) is 5.33 Å². The van der Waals surface area contributed by atoms with E-state index in [2.05, 4.69) is 27.8 Å². The summed E-state index contributed by atoms with van der Waals surface area (Å²) in [5.74, 6) is 0.877. The van der Waals surface area contributed by atoms with E-state index in [1.807, 2.05) is 0 Å². The molecule has 2 nitrogen and oxygen atoms in total. The summed E-state index contributed by atoms with van der Waals surface area (Å²) >= 11 is 3.28. The van der Waals surface area contributed by atoms with Gasteiger partial charge in [0, 0.05) is 11.9 Å². The number of β-amino-alcohol motifs (C(OH)–C–C–N with tert-alkyl or cyclic N) is 1. The summed E-state index contributed by atoms with van der Waals surface area (Å²) in [6, 6.07) is 0. The third-order valence-corrected chi connectivity index (χ3v) is 3.27. The average Bonchev–Trinajstić information content (AvgIpc) is 2.09. The molecule has 1 fully saturated rings. The first-order valence-corrected chi connectivity index (χ1v) is 5.81. The Morgan fingerprint density at radius 3 is 2.58 bits per heavy atom. The number of likely N-dealkylation sites (tertiary alicyclic amines) is 1. The Hall–Kier alpha value is 0.400. The second-order valence-corrected chi connectivity index (χ2v) is 4.44. The molecule has 0 radical (unpaired) electrons. The fourth-order valence-corrected chi connectivity index (χ4v) is 1.80. The summed E-state index contributed by atoms with van der Waals surface area (Å²) in [4.78, 5) is 2.35. The number of aliphatic hydroxyl groups excluding tert-OH is 1. The number of nitrogens with zero attached hydrogens (tertiary/aromatic N) is 1. The zero-order chi connectivity index (χ0) is 8.97. The van der Waals surface area contributed by atoms with Crippen molar-refractivity contribution in [2.45, 2.75) is 25.9 Å². The van der Waals surface area contributed by atoms with Crippen LogP contribution in [-0.2, 0) is 0 Å². The second-order valence-electron chi connectivity index (χ2n) is 3.79. The van der Waals surface area contributed by atoms with Crippen LogP contribution in [0.15, 0.2) is 0 Å². The van der Waals surface area contributed by atoms with Crippen LogP contribution in [0.5, 0.6) is 0 Å². The molecule has 1 N–H and O–H groups in total. The largest absolute Gasteiger partial charge is 0.391 e. The average molecular weight is 236 g/mol. The molecule has 0 aromatic rings. The van der Waals surface area contributed by atoms with Gasteiger partial charge in [0.25, 0.3) is 0 Å². The Kier molecular flexibility index (Phi) is 4.54. The quantitative estimate of drug-likeness (QED) is 0.750. The van der Waals surface area contributed by atoms with E-state index >= 15 is 0 Å². The topological polar surface area (TPSA) is 23.5 Å². The van der Waals surface area contributed by atoms with Crippen molar-refractivity contribution in [3.63, 3.8) is 0 Å². The van der Waals surface area contributed by atoms with Crippen LogP contribution in [0.1, 0.15) is 19.8 Å². The highest BCUT2D eigenvalue weighted by atomic mass is 79.9. The molecule has 0 spiro atoms. The van der Waals surface area contributed by atoms with Crippen LogP contribution < -0.4 is 0 Å². The zero-order valence-electron chi connectivity index (χ0n) is 7.67. The number of rotatable bonds is 3. The van der Waals surface area contributed by atoms with Crippen molar-refractivity contribution in [1.29, 1.82) is 0 Å². The van der Waals surface area contributed by atoms with Gasteiger partial charge in [0.1, 0.15) is 0 Å². The van der Waals surface area contributed by atoms with E-state index in [4.69, 9.17) is 0 Å². The predicted octanol–water partition coefficient (Wildman–Crippen LogP) is 1.47. The van der Waals surface area contributed by atoms with Gasteiger partial charge in [-0.1, -0.05) is 22.9 Å². The van der Waals surface area contributed by atoms with Crippen molar-refractivity contribution in [2.24, 2.45) is 5.92 Å². The number of hydrogen-bond acceptors (Lipinski definition) is 2. The van der Waals surface area contributed by atoms with Crippen LogP contribution in [0.2, 0.25) is 0 Å². The lowest BCUT2D eigenvalue weighted by atomic mass is 9.99. The first-order chi connectivity index (χ1) is 5.72. The van der Waals surface area contributed by atoms with Gasteiger partial charge >= 0.3 is 0 Å². The van der Waals surface area contributed by atoms with E-state index in [9.17, 15) is 5.11 Å². The van der Waals surface area contributed by atoms with Gasteiger partial charge in [-0.25, -0.2) is 0 Å². The van der Waals surface area contributed by atoms with Crippen molar-refractivity contribution in [3.8, 4) is 0 Å². The highest BCUT2D eigenvalue weighted by Crippen LogP contribution is 2.15. The van der Waals surface area contributed by atoms with Crippen LogP contribution in [0.25, 0.3) is 0 Å². The van der Waals surface area contributed by atoms with Crippen molar-refractivity contribution >= 4 is 15.9 Å². The van der Waals surface area contributed by atoms with Gasteiger partial charge in [-0.15, -0.1) is 0 Å². The van der Waals surface area contributed by atoms with Crippen LogP contribution in [0.4, 0.5) is 0 Å². The summed E-state index contributed by atoms with van der Waals surface area (Å²) in [6.07, 6.45) is 2.38. The van der Waals surface area contributed by atoms with E-state index in [1.165, 1.54) is 12.8 Å². The third-order valence-electron chi connectivity index (χ3n) is 2.52. The Morgan fingerprint density at radius 1 is 1.50 bits per heavy atom. The number of piperidine rings is 1. The minimum absolute atomic E-state index is 0.196. The molecule has 1 aliphatic rings. The van der Waals surface area contributed by atoms with Crippen LogP contribution >= 0.6 is 15.9 Å². The lowest BCUT2D eigenvalue weighted by Gasteiger charge is -2.31. The fraction of sp³-hybridized carbons (Fsp3) is 1.00. The smallest absolute Gasteiger partial charge is 0.0763 e. The minimum Gasteiger partial charge on any atom is -0.391 e. The monoisotopic (exact) mass is 235 g/mol. The molecule has 0 saturated carbocycles. The van der Waals surface area contributed by atoms with E-state index in [-0.39, 0.29) is 6.10 Å². The van der Waals surface area contributed by atoms with Gasteiger partial charge < -0.3 is 10.0 Å². The van der Waals surface area contributed by atoms with Gasteiger partial charge in [-0.2, -0.15) is 0 Å². The molecular formula is C9H18BrNO. The molecule has 0 amide bonds. The molecule has 1 atom stereocenters. The normalized spacial score (nSPS) is 24.2. The number of aliphatic hydroxyl groups is 1. The van der Waals surface area contributed by atoms with E-state index in [0.717, 1.165) is 25.6 Å². The SMILES string of the molecule is CC1CCN(CC(O)CBr)CC1. The molecule has 0 bridgehead atoms. The highest BCUT2D eigenvalue weighted by molar-refractivity contribution is 9.09. The van der Waals surface area contributed by atoms with E-state index in [1.54, 1.807) is 0 Å². The second kappa shape index (κ2) is 5.20. The van der Waals surface area contributed by atoms with Gasteiger partial charge in [0.15, 0.2) is 0 Å². The summed E-state index contributed by atoms with van der Waals surface area (Å²) < 4.78 is 0. The maximum Gasteiger partial charge on any atom is 0.0763 e. The van der Waals surface area contributed by atoms with Gasteiger partial charge in [-0.3, -0.25) is 0 Å². The molecule has 1 heterocycles. The number of hydrogen-bond donors (Lipinski definition) is 1. The van der Waals surface area contributed by atoms with Crippen LogP contribution in [-0.4, -0.2) is 41.1 Å². The maximum atomic E-state index is 9.39. The van der Waals surface area contributed by atoms with Crippen molar-refractivity contribution < 1.29 is 5.11 Å². The van der Waals surface area contributed by atoms with Crippen molar-refractivity contribution in [2.75, 3.05) is 25.0 Å². The standard InChI is InChI=1S/C9H18BrNO/c1-8-2-4-11(5-3-8)7-9(12)6-10/h8-9,12H,2-7H2,1H3. The van der Waals surface area contributed by atoms with Crippen LogP contribution in [0.3, 0.4) is 0 Å². The number of halogens is 1. The fourth-order valence-electron chi connectivity index (χ4n) is 1.59. The number of alkyl halides is 1.